The van der Waals surface area contributed by atoms with Crippen molar-refractivity contribution < 1.29 is 24.2 Å². The number of amides is 3. The summed E-state index contributed by atoms with van der Waals surface area (Å²) in [6.45, 7) is 5.62. The van der Waals surface area contributed by atoms with Gasteiger partial charge >= 0.3 is 0 Å². The molecule has 0 aromatic heterocycles. The van der Waals surface area contributed by atoms with Crippen molar-refractivity contribution in [2.45, 2.75) is 56.8 Å². The standard InChI is InChI=1S/C29H37N3O5/c1-3-5-16-30-17-10-15-29-23(26(35)32(19-11-20-33)24(29)27(30)36)22-25(34)31(21-12-7-6-8-13-21)18-9-14-28(22,4-2)37-29/h6-10,12-15,22-24,33H,3-5,11,16-20H2,1-2H3/t22-,23+,24?,28+,29+/m1/s1. The van der Waals surface area contributed by atoms with Crippen LogP contribution in [0.25, 0.3) is 0 Å². The number of aliphatic hydroxyl groups is 1. The highest BCUT2D eigenvalue weighted by Gasteiger charge is 2.75. The van der Waals surface area contributed by atoms with Crippen LogP contribution in [-0.2, 0) is 19.1 Å². The number of carbonyl (C=O) groups is 3. The zero-order valence-electron chi connectivity index (χ0n) is 21.7. The van der Waals surface area contributed by atoms with Crippen molar-refractivity contribution in [1.82, 2.24) is 9.80 Å². The summed E-state index contributed by atoms with van der Waals surface area (Å²) in [5.41, 5.74) is -1.47. The van der Waals surface area contributed by atoms with Crippen LogP contribution >= 0.6 is 0 Å². The molecule has 1 unspecified atom stereocenters. The second-order valence-electron chi connectivity index (χ2n) is 10.5. The van der Waals surface area contributed by atoms with Crippen molar-refractivity contribution in [1.29, 1.82) is 0 Å². The van der Waals surface area contributed by atoms with E-state index in [4.69, 9.17) is 4.74 Å². The number of para-hydroxylation sites is 1. The molecule has 2 saturated heterocycles. The highest BCUT2D eigenvalue weighted by atomic mass is 16.5. The normalized spacial score (nSPS) is 32.9. The zero-order chi connectivity index (χ0) is 26.2. The summed E-state index contributed by atoms with van der Waals surface area (Å²) in [5, 5.41) is 9.56. The van der Waals surface area contributed by atoms with Crippen molar-refractivity contribution in [2.24, 2.45) is 11.8 Å². The molecule has 4 aliphatic rings. The quantitative estimate of drug-likeness (QED) is 0.546. The van der Waals surface area contributed by atoms with E-state index in [-0.39, 0.29) is 30.9 Å². The number of rotatable bonds is 8. The summed E-state index contributed by atoms with van der Waals surface area (Å²) in [6.07, 6.45) is 10.4. The molecule has 0 bridgehead atoms. The van der Waals surface area contributed by atoms with Crippen LogP contribution in [0.1, 0.15) is 39.5 Å². The van der Waals surface area contributed by atoms with Gasteiger partial charge < -0.3 is 24.5 Å². The van der Waals surface area contributed by atoms with Crippen LogP contribution in [0.15, 0.2) is 54.6 Å². The fourth-order valence-corrected chi connectivity index (χ4v) is 6.68. The summed E-state index contributed by atoms with van der Waals surface area (Å²) < 4.78 is 6.94. The van der Waals surface area contributed by atoms with E-state index in [1.807, 2.05) is 61.6 Å². The molecule has 2 fully saturated rings. The van der Waals surface area contributed by atoms with Gasteiger partial charge in [-0.15, -0.1) is 0 Å². The second-order valence-corrected chi connectivity index (χ2v) is 10.5. The molecule has 8 heteroatoms. The predicted octanol–water partition coefficient (Wildman–Crippen LogP) is 2.53. The molecular weight excluding hydrogens is 470 g/mol. The number of hydrogen-bond donors (Lipinski definition) is 1. The van der Waals surface area contributed by atoms with Gasteiger partial charge in [0, 0.05) is 38.5 Å². The molecule has 1 aromatic carbocycles. The number of nitrogens with zero attached hydrogens (tertiary/aromatic N) is 3. The molecule has 1 N–H and O–H groups in total. The number of unbranched alkanes of at least 4 members (excludes halogenated alkanes) is 1. The van der Waals surface area contributed by atoms with Crippen molar-refractivity contribution in [2.75, 3.05) is 37.7 Å². The largest absolute Gasteiger partial charge is 0.396 e. The number of fused-ring (bicyclic) bond motifs is 2. The summed E-state index contributed by atoms with van der Waals surface area (Å²) >= 11 is 0. The van der Waals surface area contributed by atoms with Crippen LogP contribution in [0, 0.1) is 11.8 Å². The van der Waals surface area contributed by atoms with Crippen molar-refractivity contribution in [3.63, 3.8) is 0 Å². The lowest BCUT2D eigenvalue weighted by atomic mass is 9.73. The highest BCUT2D eigenvalue weighted by molar-refractivity contribution is 6.04. The first-order valence-electron chi connectivity index (χ1n) is 13.6. The Labute approximate surface area is 218 Å². The molecule has 0 aliphatic carbocycles. The minimum atomic E-state index is -1.25. The van der Waals surface area contributed by atoms with E-state index in [9.17, 15) is 19.5 Å². The van der Waals surface area contributed by atoms with Gasteiger partial charge in [-0.25, -0.2) is 0 Å². The van der Waals surface area contributed by atoms with Crippen molar-refractivity contribution in [3.05, 3.63) is 54.6 Å². The Morgan fingerprint density at radius 3 is 2.38 bits per heavy atom. The number of ether oxygens (including phenoxy) is 1. The molecule has 0 saturated carbocycles. The number of likely N-dealkylation sites (tertiary alicyclic amines) is 1. The maximum absolute atomic E-state index is 14.3. The number of benzene rings is 1. The molecule has 5 atom stereocenters. The fraction of sp³-hybridized carbons (Fsp3) is 0.552. The van der Waals surface area contributed by atoms with Gasteiger partial charge in [0.25, 0.3) is 0 Å². The van der Waals surface area contributed by atoms with E-state index < -0.39 is 29.1 Å². The number of carbonyl (C=O) groups excluding carboxylic acids is 3. The summed E-state index contributed by atoms with van der Waals surface area (Å²) in [6, 6.07) is 8.60. The number of aliphatic hydroxyl groups excluding tert-OH is 1. The van der Waals surface area contributed by atoms with Gasteiger partial charge in [0.05, 0.1) is 17.4 Å². The molecule has 0 radical (unpaired) electrons. The average molecular weight is 508 g/mol. The maximum Gasteiger partial charge on any atom is 0.249 e. The lowest BCUT2D eigenvalue weighted by molar-refractivity contribution is -0.152. The fourth-order valence-electron chi connectivity index (χ4n) is 6.68. The first-order valence-corrected chi connectivity index (χ1v) is 13.6. The Morgan fingerprint density at radius 2 is 1.68 bits per heavy atom. The highest BCUT2D eigenvalue weighted by Crippen LogP contribution is 2.58. The molecule has 3 amide bonds. The van der Waals surface area contributed by atoms with E-state index in [1.165, 1.54) is 0 Å². The van der Waals surface area contributed by atoms with E-state index in [0.29, 0.717) is 32.5 Å². The Balaban J connectivity index is 1.63. The van der Waals surface area contributed by atoms with Crippen LogP contribution in [-0.4, -0.2) is 82.7 Å². The molecule has 8 nitrogen and oxygen atoms in total. The number of hydrogen-bond acceptors (Lipinski definition) is 5. The summed E-state index contributed by atoms with van der Waals surface area (Å²) in [7, 11) is 0. The molecule has 37 heavy (non-hydrogen) atoms. The van der Waals surface area contributed by atoms with Crippen LogP contribution < -0.4 is 4.90 Å². The lowest BCUT2D eigenvalue weighted by Gasteiger charge is -2.38. The Kier molecular flexibility index (Phi) is 6.98. The van der Waals surface area contributed by atoms with Gasteiger partial charge in [-0.2, -0.15) is 0 Å². The first-order chi connectivity index (χ1) is 17.9. The SMILES string of the molecule is CCCCN1CC=C[C@]23O[C@@]4(CC)C=CCN(c5ccccc5)C(=O)[C@H]4[C@H]2C(=O)N(CCCO)C3C1=O. The Hall–Kier alpha value is -2.97. The van der Waals surface area contributed by atoms with Crippen LogP contribution in [0.3, 0.4) is 0 Å². The molecular formula is C29H37N3O5. The summed E-state index contributed by atoms with van der Waals surface area (Å²) in [5.74, 6) is -2.16. The van der Waals surface area contributed by atoms with Crippen LogP contribution in [0.4, 0.5) is 5.69 Å². The van der Waals surface area contributed by atoms with Gasteiger partial charge in [-0.1, -0.05) is 62.8 Å². The van der Waals surface area contributed by atoms with E-state index in [1.54, 1.807) is 14.7 Å². The molecule has 1 spiro atoms. The van der Waals surface area contributed by atoms with Gasteiger partial charge in [-0.3, -0.25) is 14.4 Å². The zero-order valence-corrected chi connectivity index (χ0v) is 21.7. The van der Waals surface area contributed by atoms with Gasteiger partial charge in [0.2, 0.25) is 17.7 Å². The van der Waals surface area contributed by atoms with Crippen LogP contribution in [0.2, 0.25) is 0 Å². The third kappa shape index (κ3) is 3.92. The third-order valence-corrected chi connectivity index (χ3v) is 8.43. The van der Waals surface area contributed by atoms with Gasteiger partial charge in [0.15, 0.2) is 0 Å². The molecule has 198 valence electrons. The van der Waals surface area contributed by atoms with Crippen LogP contribution in [0.5, 0.6) is 0 Å². The topological polar surface area (TPSA) is 90.4 Å². The Morgan fingerprint density at radius 1 is 0.919 bits per heavy atom. The van der Waals surface area contributed by atoms with E-state index in [2.05, 4.69) is 6.92 Å². The lowest BCUT2D eigenvalue weighted by Crippen LogP contribution is -2.56. The maximum atomic E-state index is 14.3. The van der Waals surface area contributed by atoms with Crippen molar-refractivity contribution >= 4 is 23.4 Å². The monoisotopic (exact) mass is 507 g/mol. The van der Waals surface area contributed by atoms with E-state index >= 15 is 0 Å². The van der Waals surface area contributed by atoms with Gasteiger partial charge in [0.1, 0.15) is 11.6 Å². The van der Waals surface area contributed by atoms with E-state index in [0.717, 1.165) is 18.5 Å². The second kappa shape index (κ2) is 10.1. The predicted molar refractivity (Wildman–Crippen MR) is 140 cm³/mol. The van der Waals surface area contributed by atoms with Gasteiger partial charge in [-0.05, 0) is 31.4 Å². The average Bonchev–Trinajstić information content (AvgIpc) is 3.20. The third-order valence-electron chi connectivity index (χ3n) is 8.43. The Bertz CT molecular complexity index is 1100. The number of anilines is 1. The molecule has 4 heterocycles. The first kappa shape index (κ1) is 25.7. The smallest absolute Gasteiger partial charge is 0.249 e. The molecule has 1 aromatic rings. The molecule has 4 aliphatic heterocycles. The van der Waals surface area contributed by atoms with Crippen molar-refractivity contribution in [3.8, 4) is 0 Å². The summed E-state index contributed by atoms with van der Waals surface area (Å²) in [4.78, 5) is 47.7. The minimum Gasteiger partial charge on any atom is -0.396 e. The molecule has 5 rings (SSSR count). The minimum absolute atomic E-state index is 0.0929.